The first-order valence-corrected chi connectivity index (χ1v) is 12.2. The Morgan fingerprint density at radius 2 is 2.13 bits per heavy atom. The van der Waals surface area contributed by atoms with Crippen molar-refractivity contribution in [1.82, 2.24) is 10.2 Å². The summed E-state index contributed by atoms with van der Waals surface area (Å²) in [7, 11) is 1.73. The van der Waals surface area contributed by atoms with Crippen molar-refractivity contribution in [2.24, 2.45) is 17.3 Å². The fraction of sp³-hybridized carbons (Fsp3) is 0.731. The molecule has 4 aliphatic carbocycles. The highest BCUT2D eigenvalue weighted by Gasteiger charge is 2.78. The van der Waals surface area contributed by atoms with Crippen molar-refractivity contribution in [2.45, 2.75) is 81.9 Å². The third-order valence-corrected chi connectivity index (χ3v) is 9.31. The zero-order valence-electron chi connectivity index (χ0n) is 19.1. The van der Waals surface area contributed by atoms with Crippen LogP contribution in [0.15, 0.2) is 18.2 Å². The lowest BCUT2D eigenvalue weighted by atomic mass is 9.57. The van der Waals surface area contributed by atoms with Gasteiger partial charge < -0.3 is 15.2 Å². The van der Waals surface area contributed by atoms with Crippen LogP contribution in [0.4, 0.5) is 0 Å². The highest BCUT2D eigenvalue weighted by atomic mass is 16.5. The molecule has 1 heterocycles. The maximum absolute atomic E-state index is 12.7. The van der Waals surface area contributed by atoms with Crippen LogP contribution in [0.3, 0.4) is 0 Å². The summed E-state index contributed by atoms with van der Waals surface area (Å²) in [6.07, 6.45) is 7.34. The summed E-state index contributed by atoms with van der Waals surface area (Å²) >= 11 is 0. The number of hydrogen-bond donors (Lipinski definition) is 2. The van der Waals surface area contributed by atoms with Crippen LogP contribution >= 0.6 is 0 Å². The predicted molar refractivity (Wildman–Crippen MR) is 119 cm³/mol. The van der Waals surface area contributed by atoms with Gasteiger partial charge >= 0.3 is 0 Å². The number of benzene rings is 1. The number of carbonyl (C=O) groups excluding carboxylic acids is 1. The molecule has 168 valence electrons. The Labute approximate surface area is 185 Å². The number of hydrogen-bond acceptors (Lipinski definition) is 4. The van der Waals surface area contributed by atoms with Gasteiger partial charge in [-0.05, 0) is 74.1 Å². The van der Waals surface area contributed by atoms with Gasteiger partial charge in [0.2, 0.25) is 5.91 Å². The standard InChI is InChI=1S/C26H36N2O3/c1-16(2)22(29)27-19-8-9-25-14-24(11-18-6-7-20(31-3)10-21(18)25)15-28(13-17-4-5-17)23(24)26(25,30)12-19/h6-7,10,16-17,19,23,30H,4-5,8-9,11-15H2,1-3H3,(H,27,29)/t19-,23+,24?,25?,26+/m0/s1. The number of carbonyl (C=O) groups is 1. The Hall–Kier alpha value is -1.59. The number of likely N-dealkylation sites (tertiary alicyclic amines) is 1. The minimum absolute atomic E-state index is 0.0280. The lowest BCUT2D eigenvalue weighted by Crippen LogP contribution is -2.72. The van der Waals surface area contributed by atoms with Gasteiger partial charge in [-0.2, -0.15) is 0 Å². The van der Waals surface area contributed by atoms with Crippen LogP contribution in [0, 0.1) is 17.3 Å². The third-order valence-electron chi connectivity index (χ3n) is 9.31. The number of rotatable bonds is 5. The SMILES string of the molecule is COc1ccc2c(c1)C13CC[C@H](NC(=O)C(C)C)C[C@@]1(O)[C@@H]1N(CC4CC4)CC1(C2)C3. The Balaban J connectivity index is 1.41. The second-order valence-corrected chi connectivity index (χ2v) is 11.6. The van der Waals surface area contributed by atoms with Crippen molar-refractivity contribution in [3.63, 3.8) is 0 Å². The number of methoxy groups -OCH3 is 1. The molecule has 1 aromatic rings. The second-order valence-electron chi connectivity index (χ2n) is 11.6. The molecule has 5 aliphatic rings. The molecule has 31 heavy (non-hydrogen) atoms. The minimum Gasteiger partial charge on any atom is -0.497 e. The first-order chi connectivity index (χ1) is 14.8. The van der Waals surface area contributed by atoms with E-state index in [9.17, 15) is 9.90 Å². The number of aliphatic hydroxyl groups is 1. The molecule has 6 rings (SSSR count). The summed E-state index contributed by atoms with van der Waals surface area (Å²) < 4.78 is 5.60. The molecule has 4 fully saturated rings. The molecule has 2 N–H and O–H groups in total. The van der Waals surface area contributed by atoms with Crippen molar-refractivity contribution in [3.05, 3.63) is 29.3 Å². The summed E-state index contributed by atoms with van der Waals surface area (Å²) in [4.78, 5) is 15.1. The Morgan fingerprint density at radius 1 is 1.32 bits per heavy atom. The summed E-state index contributed by atoms with van der Waals surface area (Å²) in [6.45, 7) is 6.13. The highest BCUT2D eigenvalue weighted by molar-refractivity contribution is 5.78. The molecule has 1 saturated heterocycles. The third kappa shape index (κ3) is 2.65. The predicted octanol–water partition coefficient (Wildman–Crippen LogP) is 3.03. The van der Waals surface area contributed by atoms with Gasteiger partial charge in [0.25, 0.3) is 0 Å². The fourth-order valence-corrected chi connectivity index (χ4v) is 7.98. The van der Waals surface area contributed by atoms with E-state index in [1.807, 2.05) is 13.8 Å². The molecule has 1 amide bonds. The molecule has 1 aliphatic heterocycles. The first kappa shape index (κ1) is 20.0. The van der Waals surface area contributed by atoms with Crippen LogP contribution in [-0.4, -0.2) is 53.8 Å². The maximum atomic E-state index is 12.7. The zero-order chi connectivity index (χ0) is 21.6. The van der Waals surface area contributed by atoms with Crippen molar-refractivity contribution >= 4 is 5.91 Å². The lowest BCUT2D eigenvalue weighted by molar-refractivity contribution is -0.160. The maximum Gasteiger partial charge on any atom is 0.222 e. The van der Waals surface area contributed by atoms with Gasteiger partial charge in [0, 0.05) is 41.9 Å². The van der Waals surface area contributed by atoms with E-state index in [-0.39, 0.29) is 34.7 Å². The van der Waals surface area contributed by atoms with Crippen LogP contribution in [0.25, 0.3) is 0 Å². The lowest BCUT2D eigenvalue weighted by Gasteiger charge is -2.59. The van der Waals surface area contributed by atoms with E-state index in [1.54, 1.807) is 7.11 Å². The van der Waals surface area contributed by atoms with E-state index in [1.165, 1.54) is 24.0 Å². The van der Waals surface area contributed by atoms with Gasteiger partial charge in [-0.15, -0.1) is 0 Å². The average molecular weight is 425 g/mol. The number of ether oxygens (including phenoxy) is 1. The summed E-state index contributed by atoms with van der Waals surface area (Å²) in [5.41, 5.74) is 1.88. The molecule has 0 radical (unpaired) electrons. The van der Waals surface area contributed by atoms with Crippen LogP contribution in [-0.2, 0) is 16.6 Å². The quantitative estimate of drug-likeness (QED) is 0.763. The van der Waals surface area contributed by atoms with Gasteiger partial charge in [0.15, 0.2) is 0 Å². The van der Waals surface area contributed by atoms with Gasteiger partial charge in [0.05, 0.1) is 12.7 Å². The second kappa shape index (κ2) is 6.48. The van der Waals surface area contributed by atoms with Crippen molar-refractivity contribution < 1.29 is 14.6 Å². The monoisotopic (exact) mass is 424 g/mol. The van der Waals surface area contributed by atoms with Gasteiger partial charge in [0.1, 0.15) is 5.75 Å². The summed E-state index contributed by atoms with van der Waals surface area (Å²) in [6, 6.07) is 6.79. The van der Waals surface area contributed by atoms with E-state index in [0.717, 1.165) is 50.4 Å². The van der Waals surface area contributed by atoms with Crippen molar-refractivity contribution in [2.75, 3.05) is 20.2 Å². The molecule has 5 heteroatoms. The normalized spacial score (nSPS) is 40.5. The molecule has 3 saturated carbocycles. The van der Waals surface area contributed by atoms with Crippen LogP contribution in [0.2, 0.25) is 0 Å². The Kier molecular flexibility index (Phi) is 4.19. The van der Waals surface area contributed by atoms with Crippen LogP contribution in [0.1, 0.15) is 63.5 Å². The summed E-state index contributed by atoms with van der Waals surface area (Å²) in [5, 5.41) is 15.9. The number of amides is 1. The van der Waals surface area contributed by atoms with E-state index in [2.05, 4.69) is 28.4 Å². The van der Waals surface area contributed by atoms with Crippen LogP contribution < -0.4 is 10.1 Å². The Morgan fingerprint density at radius 3 is 2.84 bits per heavy atom. The van der Waals surface area contributed by atoms with Crippen molar-refractivity contribution in [3.8, 4) is 5.75 Å². The molecular formula is C26H36N2O3. The van der Waals surface area contributed by atoms with E-state index in [0.29, 0.717) is 6.42 Å². The van der Waals surface area contributed by atoms with E-state index >= 15 is 0 Å². The molecule has 5 nitrogen and oxygen atoms in total. The number of nitrogens with one attached hydrogen (secondary N) is 1. The molecule has 5 atom stereocenters. The van der Waals surface area contributed by atoms with Crippen molar-refractivity contribution in [1.29, 1.82) is 0 Å². The Bertz CT molecular complexity index is 927. The van der Waals surface area contributed by atoms with E-state index in [4.69, 9.17) is 4.74 Å². The summed E-state index contributed by atoms with van der Waals surface area (Å²) in [5.74, 6) is 1.78. The van der Waals surface area contributed by atoms with Gasteiger partial charge in [-0.25, -0.2) is 0 Å². The molecule has 2 unspecified atom stereocenters. The molecule has 2 bridgehead atoms. The van der Waals surface area contributed by atoms with E-state index < -0.39 is 5.60 Å². The highest BCUT2D eigenvalue weighted by Crippen LogP contribution is 2.71. The zero-order valence-corrected chi connectivity index (χ0v) is 19.1. The number of nitrogens with zero attached hydrogens (tertiary/aromatic N) is 1. The molecular weight excluding hydrogens is 388 g/mol. The molecule has 1 aromatic carbocycles. The largest absolute Gasteiger partial charge is 0.497 e. The van der Waals surface area contributed by atoms with Gasteiger partial charge in [-0.3, -0.25) is 9.69 Å². The first-order valence-electron chi connectivity index (χ1n) is 12.2. The van der Waals surface area contributed by atoms with Gasteiger partial charge in [-0.1, -0.05) is 19.9 Å². The number of fused-ring (bicyclic) bond motifs is 2. The fourth-order valence-electron chi connectivity index (χ4n) is 7.98. The van der Waals surface area contributed by atoms with Crippen LogP contribution in [0.5, 0.6) is 5.75 Å². The molecule has 2 spiro atoms. The minimum atomic E-state index is -0.801. The topological polar surface area (TPSA) is 61.8 Å². The average Bonchev–Trinajstić information content (AvgIpc) is 3.51. The molecule has 0 aromatic heterocycles. The smallest absolute Gasteiger partial charge is 0.222 e.